The second-order valence-electron chi connectivity index (χ2n) is 9.70. The van der Waals surface area contributed by atoms with E-state index in [0.29, 0.717) is 24.7 Å². The average Bonchev–Trinajstić information content (AvgIpc) is 2.93. The first-order chi connectivity index (χ1) is 14.0. The monoisotopic (exact) mass is 420 g/mol. The Labute approximate surface area is 179 Å². The molecule has 1 aliphatic heterocycles. The average molecular weight is 421 g/mol. The van der Waals surface area contributed by atoms with Crippen LogP contribution in [0.4, 0.5) is 0 Å². The van der Waals surface area contributed by atoms with Gasteiger partial charge in [-0.1, -0.05) is 63.4 Å². The predicted octanol–water partition coefficient (Wildman–Crippen LogP) is 5.42. The predicted molar refractivity (Wildman–Crippen MR) is 114 cm³/mol. The third kappa shape index (κ3) is 7.40. The lowest BCUT2D eigenvalue weighted by atomic mass is 9.81. The molecule has 0 amide bonds. The minimum Gasteiger partial charge on any atom is -0.481 e. The van der Waals surface area contributed by atoms with E-state index in [-0.39, 0.29) is 6.42 Å². The van der Waals surface area contributed by atoms with Crippen molar-refractivity contribution in [3.05, 3.63) is 35.9 Å². The van der Waals surface area contributed by atoms with Crippen LogP contribution < -0.4 is 0 Å². The first-order valence-corrected chi connectivity index (χ1v) is 10.9. The van der Waals surface area contributed by atoms with Gasteiger partial charge in [0.1, 0.15) is 11.2 Å². The normalized spacial score (nSPS) is 26.8. The van der Waals surface area contributed by atoms with Gasteiger partial charge in [-0.05, 0) is 44.1 Å². The molecule has 2 N–H and O–H groups in total. The molecule has 1 fully saturated rings. The number of hydrogen-bond donors (Lipinski definition) is 2. The topological polar surface area (TPSA) is 93.1 Å². The van der Waals surface area contributed by atoms with Gasteiger partial charge in [-0.15, -0.1) is 0 Å². The summed E-state index contributed by atoms with van der Waals surface area (Å²) < 4.78 is 0. The molecule has 5 atom stereocenters. The van der Waals surface area contributed by atoms with Gasteiger partial charge in [-0.2, -0.15) is 0 Å². The van der Waals surface area contributed by atoms with Crippen LogP contribution in [0.1, 0.15) is 84.1 Å². The first kappa shape index (κ1) is 24.4. The number of carbonyl (C=O) groups is 2. The van der Waals surface area contributed by atoms with Crippen molar-refractivity contribution in [2.45, 2.75) is 89.8 Å². The maximum atomic E-state index is 11.7. The molecular formula is C24H36O6. The maximum Gasteiger partial charge on any atom is 0.310 e. The van der Waals surface area contributed by atoms with Crippen molar-refractivity contribution in [2.75, 3.05) is 0 Å². The van der Waals surface area contributed by atoms with Crippen molar-refractivity contribution in [3.8, 4) is 0 Å². The highest BCUT2D eigenvalue weighted by Gasteiger charge is 2.47. The van der Waals surface area contributed by atoms with Gasteiger partial charge in [0.2, 0.25) is 0 Å². The fourth-order valence-corrected chi connectivity index (χ4v) is 4.81. The van der Waals surface area contributed by atoms with E-state index >= 15 is 0 Å². The number of hydrogen-bond acceptors (Lipinski definition) is 4. The Morgan fingerprint density at radius 1 is 1.00 bits per heavy atom. The second-order valence-corrected chi connectivity index (χ2v) is 9.70. The Morgan fingerprint density at radius 2 is 1.60 bits per heavy atom. The van der Waals surface area contributed by atoms with Crippen LogP contribution in [-0.4, -0.2) is 33.4 Å². The molecule has 0 bridgehead atoms. The summed E-state index contributed by atoms with van der Waals surface area (Å²) in [5.41, 5.74) is -0.393. The summed E-state index contributed by atoms with van der Waals surface area (Å²) in [6.45, 7) is 8.06. The molecule has 6 nitrogen and oxygen atoms in total. The molecule has 0 aliphatic carbocycles. The third-order valence-corrected chi connectivity index (χ3v) is 6.03. The molecule has 1 saturated heterocycles. The Balaban J connectivity index is 1.76. The fraction of sp³-hybridized carbons (Fsp3) is 0.667. The number of rotatable bonds is 12. The lowest BCUT2D eigenvalue weighted by Gasteiger charge is -2.25. The van der Waals surface area contributed by atoms with Gasteiger partial charge in [-0.3, -0.25) is 9.59 Å². The number of carboxylic acids is 2. The van der Waals surface area contributed by atoms with Crippen molar-refractivity contribution in [3.63, 3.8) is 0 Å². The number of benzene rings is 1. The Morgan fingerprint density at radius 3 is 2.20 bits per heavy atom. The number of carboxylic acid groups (broad SMARTS) is 2. The minimum absolute atomic E-state index is 0.0688. The Hall–Kier alpha value is -1.92. The standard InChI is InChI=1S/C24H36O6/c1-17(13-20(22(27)28)19-11-6-5-7-12-19)9-8-10-18(2)14-23(3)16-24(4,30-29-23)15-21(25)26/h5-7,11-12,17-18,20H,8-10,13-16H2,1-4H3,(H,25,26)(H,27,28)/t17-,18+,20?,23-,24-/m1/s1. The van der Waals surface area contributed by atoms with Crippen LogP contribution in [0, 0.1) is 11.8 Å². The highest BCUT2D eigenvalue weighted by atomic mass is 17.2. The van der Waals surface area contributed by atoms with E-state index in [1.165, 1.54) is 0 Å². The molecule has 0 aromatic heterocycles. The molecule has 0 spiro atoms. The van der Waals surface area contributed by atoms with Crippen LogP contribution >= 0.6 is 0 Å². The molecule has 6 heteroatoms. The quantitative estimate of drug-likeness (QED) is 0.439. The lowest BCUT2D eigenvalue weighted by Crippen LogP contribution is -2.31. The molecule has 2 rings (SSSR count). The van der Waals surface area contributed by atoms with Gasteiger partial charge in [0, 0.05) is 6.42 Å². The SMILES string of the molecule is C[C@H](CCC[C@H](C)C[C@]1(C)C[C@@](C)(CC(=O)O)OO1)CC(C(=O)O)c1ccccc1. The Kier molecular flexibility index (Phi) is 8.44. The highest BCUT2D eigenvalue weighted by Crippen LogP contribution is 2.42. The van der Waals surface area contributed by atoms with Crippen molar-refractivity contribution in [1.82, 2.24) is 0 Å². The van der Waals surface area contributed by atoms with E-state index in [2.05, 4.69) is 13.8 Å². The minimum atomic E-state index is -0.887. The Bertz CT molecular complexity index is 705. The van der Waals surface area contributed by atoms with E-state index < -0.39 is 29.1 Å². The molecule has 1 aliphatic rings. The van der Waals surface area contributed by atoms with E-state index in [1.54, 1.807) is 6.92 Å². The second kappa shape index (κ2) is 10.4. The summed E-state index contributed by atoms with van der Waals surface area (Å²) in [7, 11) is 0. The molecule has 30 heavy (non-hydrogen) atoms. The van der Waals surface area contributed by atoms with Crippen LogP contribution in [-0.2, 0) is 19.4 Å². The molecule has 1 aromatic carbocycles. The van der Waals surface area contributed by atoms with E-state index in [9.17, 15) is 14.7 Å². The summed E-state index contributed by atoms with van der Waals surface area (Å²) >= 11 is 0. The van der Waals surface area contributed by atoms with Crippen molar-refractivity contribution in [1.29, 1.82) is 0 Å². The van der Waals surface area contributed by atoms with Gasteiger partial charge in [-0.25, -0.2) is 9.78 Å². The van der Waals surface area contributed by atoms with Crippen molar-refractivity contribution < 1.29 is 29.6 Å². The van der Waals surface area contributed by atoms with Gasteiger partial charge >= 0.3 is 11.9 Å². The lowest BCUT2D eigenvalue weighted by molar-refractivity contribution is -0.346. The largest absolute Gasteiger partial charge is 0.481 e. The van der Waals surface area contributed by atoms with E-state index in [4.69, 9.17) is 14.9 Å². The van der Waals surface area contributed by atoms with Crippen molar-refractivity contribution in [2.24, 2.45) is 11.8 Å². The van der Waals surface area contributed by atoms with Gasteiger partial charge in [0.25, 0.3) is 0 Å². The van der Waals surface area contributed by atoms with Crippen LogP contribution in [0.2, 0.25) is 0 Å². The van der Waals surface area contributed by atoms with E-state index in [0.717, 1.165) is 31.2 Å². The molecular weight excluding hydrogens is 384 g/mol. The zero-order chi connectivity index (χ0) is 22.4. The van der Waals surface area contributed by atoms with Crippen LogP contribution in [0.5, 0.6) is 0 Å². The summed E-state index contributed by atoms with van der Waals surface area (Å²) in [4.78, 5) is 33.7. The van der Waals surface area contributed by atoms with E-state index in [1.807, 2.05) is 37.3 Å². The molecule has 1 unspecified atom stereocenters. The molecule has 0 radical (unpaired) electrons. The maximum absolute atomic E-state index is 11.7. The van der Waals surface area contributed by atoms with Crippen LogP contribution in [0.25, 0.3) is 0 Å². The molecule has 168 valence electrons. The highest BCUT2D eigenvalue weighted by molar-refractivity contribution is 5.76. The van der Waals surface area contributed by atoms with Crippen LogP contribution in [0.15, 0.2) is 30.3 Å². The van der Waals surface area contributed by atoms with Crippen molar-refractivity contribution >= 4 is 11.9 Å². The summed E-state index contributed by atoms with van der Waals surface area (Å²) in [5.74, 6) is -1.39. The number of aliphatic carboxylic acids is 2. The fourth-order valence-electron chi connectivity index (χ4n) is 4.81. The zero-order valence-corrected chi connectivity index (χ0v) is 18.6. The summed E-state index contributed by atoms with van der Waals surface area (Å²) in [6.07, 6.45) is 4.94. The van der Waals surface area contributed by atoms with Gasteiger partial charge < -0.3 is 10.2 Å². The smallest absolute Gasteiger partial charge is 0.310 e. The molecule has 1 heterocycles. The van der Waals surface area contributed by atoms with Gasteiger partial charge in [0.15, 0.2) is 0 Å². The summed E-state index contributed by atoms with van der Waals surface area (Å²) in [5, 5.41) is 18.7. The van der Waals surface area contributed by atoms with Crippen LogP contribution in [0.3, 0.4) is 0 Å². The summed E-state index contributed by atoms with van der Waals surface area (Å²) in [6, 6.07) is 9.44. The third-order valence-electron chi connectivity index (χ3n) is 6.03. The van der Waals surface area contributed by atoms with Gasteiger partial charge in [0.05, 0.1) is 12.3 Å². The molecule has 1 aromatic rings. The molecule has 0 saturated carbocycles. The first-order valence-electron chi connectivity index (χ1n) is 10.9. The zero-order valence-electron chi connectivity index (χ0n) is 18.6.